The molecule has 2 aromatic rings. The highest BCUT2D eigenvalue weighted by Gasteiger charge is 2.16. The summed E-state index contributed by atoms with van der Waals surface area (Å²) in [5.74, 6) is 0. The van der Waals surface area contributed by atoms with Crippen molar-refractivity contribution in [3.05, 3.63) is 43.7 Å². The van der Waals surface area contributed by atoms with Crippen LogP contribution in [0.5, 0.6) is 0 Å². The van der Waals surface area contributed by atoms with Crippen LogP contribution in [-0.4, -0.2) is 18.3 Å². The number of halogens is 1. The van der Waals surface area contributed by atoms with Gasteiger partial charge in [0.1, 0.15) is 0 Å². The SMILES string of the molecule is OCCCCCNC(c1cccs1)c1ccc(Cl)s1. The van der Waals surface area contributed by atoms with Gasteiger partial charge in [-0.1, -0.05) is 17.7 Å². The van der Waals surface area contributed by atoms with E-state index in [1.807, 2.05) is 6.07 Å². The van der Waals surface area contributed by atoms with Gasteiger partial charge >= 0.3 is 0 Å². The van der Waals surface area contributed by atoms with Crippen LogP contribution in [0.2, 0.25) is 4.34 Å². The predicted octanol–water partition coefficient (Wildman–Crippen LogP) is 4.30. The summed E-state index contributed by atoms with van der Waals surface area (Å²) in [6.07, 6.45) is 3.03. The van der Waals surface area contributed by atoms with E-state index < -0.39 is 0 Å². The Hall–Kier alpha value is -0.390. The van der Waals surface area contributed by atoms with Crippen molar-refractivity contribution in [1.82, 2.24) is 5.32 Å². The van der Waals surface area contributed by atoms with Crippen LogP contribution in [0.1, 0.15) is 35.1 Å². The smallest absolute Gasteiger partial charge is 0.0931 e. The molecule has 0 radical (unpaired) electrons. The van der Waals surface area contributed by atoms with E-state index >= 15 is 0 Å². The molecule has 0 aliphatic heterocycles. The summed E-state index contributed by atoms with van der Waals surface area (Å²) in [6.45, 7) is 1.24. The molecule has 0 aliphatic rings. The van der Waals surface area contributed by atoms with Gasteiger partial charge in [-0.15, -0.1) is 22.7 Å². The molecule has 2 nitrogen and oxygen atoms in total. The first-order valence-corrected chi connectivity index (χ1v) is 8.51. The van der Waals surface area contributed by atoms with E-state index in [2.05, 4.69) is 28.9 Å². The van der Waals surface area contributed by atoms with E-state index in [4.69, 9.17) is 16.7 Å². The van der Waals surface area contributed by atoms with Gasteiger partial charge in [-0.3, -0.25) is 0 Å². The molecule has 0 saturated carbocycles. The van der Waals surface area contributed by atoms with Crippen molar-refractivity contribution in [2.24, 2.45) is 0 Å². The Kier molecular flexibility index (Phi) is 6.34. The van der Waals surface area contributed by atoms with Crippen molar-refractivity contribution >= 4 is 34.3 Å². The largest absolute Gasteiger partial charge is 0.396 e. The Morgan fingerprint density at radius 1 is 1.16 bits per heavy atom. The number of hydrogen-bond acceptors (Lipinski definition) is 4. The van der Waals surface area contributed by atoms with Crippen molar-refractivity contribution < 1.29 is 5.11 Å². The zero-order valence-corrected chi connectivity index (χ0v) is 13.0. The third-order valence-electron chi connectivity index (χ3n) is 2.89. The van der Waals surface area contributed by atoms with Crippen LogP contribution in [0, 0.1) is 0 Å². The zero-order chi connectivity index (χ0) is 13.5. The maximum absolute atomic E-state index is 8.77. The maximum atomic E-state index is 8.77. The summed E-state index contributed by atoms with van der Waals surface area (Å²) in [7, 11) is 0. The highest BCUT2D eigenvalue weighted by atomic mass is 35.5. The van der Waals surface area contributed by atoms with Crippen LogP contribution >= 0.6 is 34.3 Å². The Morgan fingerprint density at radius 2 is 2.05 bits per heavy atom. The molecule has 1 unspecified atom stereocenters. The molecule has 5 heteroatoms. The molecule has 0 aromatic carbocycles. The lowest BCUT2D eigenvalue weighted by molar-refractivity contribution is 0.282. The minimum Gasteiger partial charge on any atom is -0.396 e. The molecule has 1 atom stereocenters. The van der Waals surface area contributed by atoms with Crippen molar-refractivity contribution in [1.29, 1.82) is 0 Å². The third kappa shape index (κ3) is 4.58. The van der Waals surface area contributed by atoms with Crippen LogP contribution in [0.25, 0.3) is 0 Å². The zero-order valence-electron chi connectivity index (χ0n) is 10.6. The van der Waals surface area contributed by atoms with E-state index in [0.29, 0.717) is 0 Å². The van der Waals surface area contributed by atoms with Crippen molar-refractivity contribution in [2.45, 2.75) is 25.3 Å². The average molecular weight is 316 g/mol. The van der Waals surface area contributed by atoms with Crippen LogP contribution < -0.4 is 5.32 Å². The normalized spacial score (nSPS) is 12.7. The van der Waals surface area contributed by atoms with Gasteiger partial charge in [0.2, 0.25) is 0 Å². The first kappa shape index (κ1) is 15.0. The van der Waals surface area contributed by atoms with E-state index in [0.717, 1.165) is 30.1 Å². The lowest BCUT2D eigenvalue weighted by Crippen LogP contribution is -2.22. The Bertz CT molecular complexity index is 470. The summed E-state index contributed by atoms with van der Waals surface area (Å²) in [6, 6.07) is 8.53. The molecule has 2 heterocycles. The number of aliphatic hydroxyl groups excluding tert-OH is 1. The van der Waals surface area contributed by atoms with Crippen LogP contribution in [0.4, 0.5) is 0 Å². The minimum atomic E-state index is 0.242. The molecule has 2 N–H and O–H groups in total. The summed E-state index contributed by atoms with van der Waals surface area (Å²) in [4.78, 5) is 2.58. The fourth-order valence-electron chi connectivity index (χ4n) is 1.94. The van der Waals surface area contributed by atoms with Crippen LogP contribution in [-0.2, 0) is 0 Å². The number of aliphatic hydroxyl groups is 1. The number of hydrogen-bond donors (Lipinski definition) is 2. The summed E-state index contributed by atoms with van der Waals surface area (Å²) in [5.41, 5.74) is 0. The molecule has 0 bridgehead atoms. The molecule has 0 aliphatic carbocycles. The van der Waals surface area contributed by atoms with Crippen molar-refractivity contribution in [3.8, 4) is 0 Å². The first-order valence-electron chi connectivity index (χ1n) is 6.44. The summed E-state index contributed by atoms with van der Waals surface area (Å²) in [5, 5.41) is 14.5. The molecule has 0 fully saturated rings. The van der Waals surface area contributed by atoms with Crippen LogP contribution in [0.15, 0.2) is 29.6 Å². The van der Waals surface area contributed by atoms with E-state index in [-0.39, 0.29) is 12.6 Å². The molecular formula is C14H18ClNOS2. The maximum Gasteiger partial charge on any atom is 0.0931 e. The second-order valence-electron chi connectivity index (χ2n) is 4.33. The minimum absolute atomic E-state index is 0.242. The predicted molar refractivity (Wildman–Crippen MR) is 84.4 cm³/mol. The highest BCUT2D eigenvalue weighted by Crippen LogP contribution is 2.32. The first-order chi connectivity index (χ1) is 9.31. The Morgan fingerprint density at radius 3 is 2.68 bits per heavy atom. The number of unbranched alkanes of at least 4 members (excludes halogenated alkanes) is 2. The highest BCUT2D eigenvalue weighted by molar-refractivity contribution is 7.16. The molecule has 0 saturated heterocycles. The van der Waals surface area contributed by atoms with E-state index in [1.54, 1.807) is 22.7 Å². The molecule has 0 amide bonds. The monoisotopic (exact) mass is 315 g/mol. The quantitative estimate of drug-likeness (QED) is 0.712. The molecular weight excluding hydrogens is 298 g/mol. The molecule has 0 spiro atoms. The second kappa shape index (κ2) is 8.02. The number of nitrogens with one attached hydrogen (secondary N) is 1. The lowest BCUT2D eigenvalue weighted by atomic mass is 10.2. The average Bonchev–Trinajstić information content (AvgIpc) is 3.05. The van der Waals surface area contributed by atoms with Gasteiger partial charge in [0.25, 0.3) is 0 Å². The lowest BCUT2D eigenvalue weighted by Gasteiger charge is -2.16. The Labute approximate surface area is 127 Å². The summed E-state index contributed by atoms with van der Waals surface area (Å²) >= 11 is 9.43. The topological polar surface area (TPSA) is 32.3 Å². The molecule has 19 heavy (non-hydrogen) atoms. The molecule has 2 aromatic heterocycles. The van der Waals surface area contributed by atoms with Gasteiger partial charge in [-0.2, -0.15) is 0 Å². The van der Waals surface area contributed by atoms with E-state index in [9.17, 15) is 0 Å². The van der Waals surface area contributed by atoms with Gasteiger partial charge in [0.15, 0.2) is 0 Å². The summed E-state index contributed by atoms with van der Waals surface area (Å²) < 4.78 is 0.832. The van der Waals surface area contributed by atoms with Crippen molar-refractivity contribution in [2.75, 3.05) is 13.2 Å². The molecule has 104 valence electrons. The Balaban J connectivity index is 1.96. The van der Waals surface area contributed by atoms with E-state index in [1.165, 1.54) is 9.75 Å². The van der Waals surface area contributed by atoms with Crippen LogP contribution in [0.3, 0.4) is 0 Å². The van der Waals surface area contributed by atoms with Gasteiger partial charge in [0, 0.05) is 16.4 Å². The van der Waals surface area contributed by atoms with Gasteiger partial charge < -0.3 is 10.4 Å². The number of rotatable bonds is 8. The second-order valence-corrected chi connectivity index (χ2v) is 7.05. The van der Waals surface area contributed by atoms with Gasteiger partial charge in [-0.25, -0.2) is 0 Å². The van der Waals surface area contributed by atoms with Gasteiger partial charge in [-0.05, 0) is 49.4 Å². The third-order valence-corrected chi connectivity index (χ3v) is 5.12. The fourth-order valence-corrected chi connectivity index (χ4v) is 3.99. The fraction of sp³-hybridized carbons (Fsp3) is 0.429. The molecule has 2 rings (SSSR count). The van der Waals surface area contributed by atoms with Gasteiger partial charge in [0.05, 0.1) is 10.4 Å². The number of thiophene rings is 2. The standard InChI is InChI=1S/C14H18ClNOS2/c15-13-7-6-12(19-13)14(11-5-4-10-18-11)16-8-2-1-3-9-17/h4-7,10,14,16-17H,1-3,8-9H2. The van der Waals surface area contributed by atoms with Crippen molar-refractivity contribution in [3.63, 3.8) is 0 Å².